The Morgan fingerprint density at radius 3 is 2.29 bits per heavy atom. The Morgan fingerprint density at radius 1 is 1.29 bits per heavy atom. The molecule has 0 bridgehead atoms. The van der Waals surface area contributed by atoms with Crippen LogP contribution in [0.2, 0.25) is 0 Å². The van der Waals surface area contributed by atoms with E-state index in [4.69, 9.17) is 0 Å². The predicted molar refractivity (Wildman–Crippen MR) is 38.0 cm³/mol. The number of rotatable bonds is 2. The number of nitro benzene ring substituents is 1. The average molecular weight is 209 g/mol. The highest BCUT2D eigenvalue weighted by Crippen LogP contribution is 2.30. The first-order valence-corrected chi connectivity index (χ1v) is 3.35. The van der Waals surface area contributed by atoms with Gasteiger partial charge in [-0.15, -0.1) is 0 Å². The van der Waals surface area contributed by atoms with Gasteiger partial charge in [0, 0.05) is 6.07 Å². The number of nitro groups is 1. The summed E-state index contributed by atoms with van der Waals surface area (Å²) in [4.78, 5) is 8.91. The van der Waals surface area contributed by atoms with Crippen molar-refractivity contribution in [2.75, 3.05) is 0 Å². The first kappa shape index (κ1) is 10.4. The highest BCUT2D eigenvalue weighted by Gasteiger charge is 2.26. The van der Waals surface area contributed by atoms with Crippen LogP contribution in [-0.2, 0) is 0 Å². The zero-order valence-electron chi connectivity index (χ0n) is 6.51. The maximum Gasteiger partial charge on any atom is 0.305 e. The van der Waals surface area contributed by atoms with Crippen LogP contribution >= 0.6 is 0 Å². The topological polar surface area (TPSA) is 43.1 Å². The fraction of sp³-hybridized carbons (Fsp3) is 0.143. The Morgan fingerprint density at radius 2 is 1.86 bits per heavy atom. The van der Waals surface area contributed by atoms with E-state index in [2.05, 4.69) is 0 Å². The van der Waals surface area contributed by atoms with Gasteiger partial charge in [-0.3, -0.25) is 10.1 Å². The standard InChI is InChI=1S/C7H3F4NO2/c8-3-1-2-4(12(13)14)6(9)5(3)7(10)11/h1-2,7H. The molecule has 0 aliphatic rings. The summed E-state index contributed by atoms with van der Waals surface area (Å²) < 4.78 is 49.5. The lowest BCUT2D eigenvalue weighted by molar-refractivity contribution is -0.387. The van der Waals surface area contributed by atoms with Crippen LogP contribution in [0.4, 0.5) is 23.2 Å². The third-order valence-corrected chi connectivity index (χ3v) is 1.52. The molecule has 0 aromatic heterocycles. The van der Waals surface area contributed by atoms with Gasteiger partial charge < -0.3 is 0 Å². The Hall–Kier alpha value is -1.66. The molecule has 0 saturated heterocycles. The summed E-state index contributed by atoms with van der Waals surface area (Å²) in [5.41, 5.74) is -2.74. The molecule has 0 heterocycles. The fourth-order valence-corrected chi connectivity index (χ4v) is 0.899. The highest BCUT2D eigenvalue weighted by molar-refractivity contribution is 5.38. The van der Waals surface area contributed by atoms with E-state index in [9.17, 15) is 27.7 Å². The zero-order valence-corrected chi connectivity index (χ0v) is 6.51. The number of hydrogen-bond acceptors (Lipinski definition) is 2. The van der Waals surface area contributed by atoms with Crippen molar-refractivity contribution in [1.29, 1.82) is 0 Å². The van der Waals surface area contributed by atoms with E-state index in [0.717, 1.165) is 0 Å². The van der Waals surface area contributed by atoms with Gasteiger partial charge in [-0.05, 0) is 6.07 Å². The van der Waals surface area contributed by atoms with Crippen molar-refractivity contribution in [2.45, 2.75) is 6.43 Å². The van der Waals surface area contributed by atoms with Crippen molar-refractivity contribution in [1.82, 2.24) is 0 Å². The maximum atomic E-state index is 12.9. The average Bonchev–Trinajstić information content (AvgIpc) is 2.02. The first-order chi connectivity index (χ1) is 6.45. The lowest BCUT2D eigenvalue weighted by Gasteiger charge is -2.02. The molecule has 0 atom stereocenters. The van der Waals surface area contributed by atoms with Crippen molar-refractivity contribution in [3.63, 3.8) is 0 Å². The lowest BCUT2D eigenvalue weighted by Crippen LogP contribution is -2.01. The summed E-state index contributed by atoms with van der Waals surface area (Å²) in [6.07, 6.45) is -3.42. The van der Waals surface area contributed by atoms with Crippen LogP contribution in [0.1, 0.15) is 12.0 Å². The molecule has 0 unspecified atom stereocenters. The normalized spacial score (nSPS) is 10.6. The number of hydrogen-bond donors (Lipinski definition) is 0. The minimum Gasteiger partial charge on any atom is -0.258 e. The molecule has 3 nitrogen and oxygen atoms in total. The smallest absolute Gasteiger partial charge is 0.258 e. The number of alkyl halides is 2. The van der Waals surface area contributed by atoms with E-state index in [-0.39, 0.29) is 0 Å². The van der Waals surface area contributed by atoms with Gasteiger partial charge in [-0.25, -0.2) is 13.2 Å². The van der Waals surface area contributed by atoms with Gasteiger partial charge in [-0.1, -0.05) is 0 Å². The molecule has 0 spiro atoms. The summed E-state index contributed by atoms with van der Waals surface area (Å²) >= 11 is 0. The highest BCUT2D eigenvalue weighted by atomic mass is 19.3. The molecule has 0 fully saturated rings. The molecule has 76 valence electrons. The molecule has 1 aromatic carbocycles. The molecular weight excluding hydrogens is 206 g/mol. The minimum atomic E-state index is -3.42. The van der Waals surface area contributed by atoms with E-state index in [0.29, 0.717) is 12.1 Å². The van der Waals surface area contributed by atoms with Crippen LogP contribution in [0.3, 0.4) is 0 Å². The number of halogens is 4. The van der Waals surface area contributed by atoms with Gasteiger partial charge in [0.15, 0.2) is 0 Å². The van der Waals surface area contributed by atoms with Crippen LogP contribution in [-0.4, -0.2) is 4.92 Å². The molecule has 7 heteroatoms. The van der Waals surface area contributed by atoms with Crippen LogP contribution in [0, 0.1) is 21.7 Å². The summed E-state index contributed by atoms with van der Waals surface area (Å²) in [7, 11) is 0. The van der Waals surface area contributed by atoms with Crippen molar-refractivity contribution in [3.8, 4) is 0 Å². The Kier molecular flexibility index (Phi) is 2.68. The van der Waals surface area contributed by atoms with E-state index < -0.39 is 34.2 Å². The third kappa shape index (κ3) is 1.66. The van der Waals surface area contributed by atoms with Crippen LogP contribution < -0.4 is 0 Å². The van der Waals surface area contributed by atoms with Crippen molar-refractivity contribution in [2.24, 2.45) is 0 Å². The molecule has 0 radical (unpaired) electrons. The number of nitrogens with zero attached hydrogens (tertiary/aromatic N) is 1. The molecule has 0 amide bonds. The van der Waals surface area contributed by atoms with Gasteiger partial charge in [0.2, 0.25) is 5.82 Å². The van der Waals surface area contributed by atoms with E-state index in [1.165, 1.54) is 0 Å². The van der Waals surface area contributed by atoms with Gasteiger partial charge in [0.1, 0.15) is 5.82 Å². The molecule has 0 aliphatic heterocycles. The van der Waals surface area contributed by atoms with Gasteiger partial charge in [0.05, 0.1) is 10.5 Å². The Labute approximate surface area is 75.1 Å². The van der Waals surface area contributed by atoms with Crippen molar-refractivity contribution < 1.29 is 22.5 Å². The van der Waals surface area contributed by atoms with Gasteiger partial charge in [-0.2, -0.15) is 4.39 Å². The number of benzene rings is 1. The summed E-state index contributed by atoms with van der Waals surface area (Å²) in [5.74, 6) is -3.33. The fourth-order valence-electron chi connectivity index (χ4n) is 0.899. The lowest BCUT2D eigenvalue weighted by atomic mass is 10.2. The van der Waals surface area contributed by atoms with Crippen LogP contribution in [0.15, 0.2) is 12.1 Å². The summed E-state index contributed by atoms with van der Waals surface area (Å²) in [6, 6.07) is 0.930. The van der Waals surface area contributed by atoms with Crippen molar-refractivity contribution >= 4 is 5.69 Å². The molecule has 14 heavy (non-hydrogen) atoms. The second kappa shape index (κ2) is 3.60. The molecule has 1 aromatic rings. The third-order valence-electron chi connectivity index (χ3n) is 1.52. The minimum absolute atomic E-state index is 0.433. The SMILES string of the molecule is O=[N+]([O-])c1ccc(F)c(C(F)F)c1F. The summed E-state index contributed by atoms with van der Waals surface area (Å²) in [5, 5.41) is 10.1. The quantitative estimate of drug-likeness (QED) is 0.427. The molecule has 0 aliphatic carbocycles. The second-order valence-corrected chi connectivity index (χ2v) is 2.35. The first-order valence-electron chi connectivity index (χ1n) is 3.35. The zero-order chi connectivity index (χ0) is 10.9. The second-order valence-electron chi connectivity index (χ2n) is 2.35. The van der Waals surface area contributed by atoms with Crippen LogP contribution in [0.5, 0.6) is 0 Å². The maximum absolute atomic E-state index is 12.9. The van der Waals surface area contributed by atoms with Crippen molar-refractivity contribution in [3.05, 3.63) is 39.4 Å². The van der Waals surface area contributed by atoms with Gasteiger partial charge in [0.25, 0.3) is 6.43 Å². The monoisotopic (exact) mass is 209 g/mol. The largest absolute Gasteiger partial charge is 0.305 e. The Bertz CT molecular complexity index is 380. The van der Waals surface area contributed by atoms with Gasteiger partial charge >= 0.3 is 5.69 Å². The molecular formula is C7H3F4NO2. The van der Waals surface area contributed by atoms with Crippen LogP contribution in [0.25, 0.3) is 0 Å². The molecule has 1 rings (SSSR count). The van der Waals surface area contributed by atoms with E-state index >= 15 is 0 Å². The Balaban J connectivity index is 3.41. The molecule has 0 N–H and O–H groups in total. The van der Waals surface area contributed by atoms with E-state index in [1.54, 1.807) is 0 Å². The molecule has 0 saturated carbocycles. The summed E-state index contributed by atoms with van der Waals surface area (Å²) in [6.45, 7) is 0. The predicted octanol–water partition coefficient (Wildman–Crippen LogP) is 2.81. The van der Waals surface area contributed by atoms with E-state index in [1.807, 2.05) is 0 Å².